The summed E-state index contributed by atoms with van der Waals surface area (Å²) < 4.78 is 10.6. The second kappa shape index (κ2) is 33.8. The van der Waals surface area contributed by atoms with Crippen LogP contribution in [-0.2, 0) is 19.1 Å². The predicted molar refractivity (Wildman–Crippen MR) is 182 cm³/mol. The van der Waals surface area contributed by atoms with Crippen molar-refractivity contribution >= 4 is 11.9 Å². The maximum atomic E-state index is 12.1. The van der Waals surface area contributed by atoms with E-state index in [1.165, 1.54) is 141 Å². The van der Waals surface area contributed by atoms with Gasteiger partial charge in [-0.15, -0.1) is 0 Å². The van der Waals surface area contributed by atoms with Gasteiger partial charge in [0.15, 0.2) is 6.10 Å². The van der Waals surface area contributed by atoms with Crippen molar-refractivity contribution in [1.82, 2.24) is 0 Å². The molecule has 0 saturated carbocycles. The normalized spacial score (nSPS) is 12.1. The molecule has 0 aromatic heterocycles. The molecule has 0 fully saturated rings. The molecule has 0 aliphatic rings. The van der Waals surface area contributed by atoms with E-state index in [2.05, 4.69) is 20.8 Å². The summed E-state index contributed by atoms with van der Waals surface area (Å²) in [4.78, 5) is 24.2. The first-order chi connectivity index (χ1) is 21.0. The van der Waals surface area contributed by atoms with E-state index in [9.17, 15) is 14.7 Å². The van der Waals surface area contributed by atoms with E-state index in [0.717, 1.165) is 38.0 Å². The minimum atomic E-state index is -0.761. The first kappa shape index (κ1) is 41.9. The zero-order valence-corrected chi connectivity index (χ0v) is 29.2. The summed E-state index contributed by atoms with van der Waals surface area (Å²) in [5.41, 5.74) is 0. The van der Waals surface area contributed by atoms with Crippen LogP contribution < -0.4 is 0 Å². The molecule has 0 aliphatic carbocycles. The van der Waals surface area contributed by atoms with Crippen molar-refractivity contribution in [2.45, 2.75) is 213 Å². The summed E-state index contributed by atoms with van der Waals surface area (Å²) in [7, 11) is 0. The Morgan fingerprint density at radius 2 is 0.860 bits per heavy atom. The second-order valence-corrected chi connectivity index (χ2v) is 13.5. The highest BCUT2D eigenvalue weighted by Gasteiger charge is 2.16. The van der Waals surface area contributed by atoms with Crippen LogP contribution >= 0.6 is 0 Å². The second-order valence-electron chi connectivity index (χ2n) is 13.5. The minimum absolute atomic E-state index is 0.0579. The number of carbonyl (C=O) groups is 2. The number of rotatable bonds is 34. The number of hydrogen-bond donors (Lipinski definition) is 1. The van der Waals surface area contributed by atoms with Crippen molar-refractivity contribution in [2.24, 2.45) is 5.92 Å². The van der Waals surface area contributed by atoms with Gasteiger partial charge in [-0.2, -0.15) is 0 Å². The van der Waals surface area contributed by atoms with Crippen LogP contribution in [0.5, 0.6) is 0 Å². The van der Waals surface area contributed by atoms with Gasteiger partial charge in [0.25, 0.3) is 0 Å². The first-order valence-corrected chi connectivity index (χ1v) is 19.0. The fourth-order valence-electron chi connectivity index (χ4n) is 5.68. The molecule has 0 unspecified atom stereocenters. The summed E-state index contributed by atoms with van der Waals surface area (Å²) in [6, 6.07) is 0. The lowest BCUT2D eigenvalue weighted by Gasteiger charge is -2.15. The number of aliphatic hydroxyl groups excluding tert-OH is 1. The summed E-state index contributed by atoms with van der Waals surface area (Å²) in [5, 5.41) is 9.53. The largest absolute Gasteiger partial charge is 0.462 e. The molecule has 0 amide bonds. The fraction of sp³-hybridized carbons (Fsp3) is 0.947. The number of hydrogen-bond acceptors (Lipinski definition) is 5. The van der Waals surface area contributed by atoms with E-state index in [-0.39, 0.29) is 25.2 Å². The Labute approximate surface area is 268 Å². The van der Waals surface area contributed by atoms with Gasteiger partial charge >= 0.3 is 11.9 Å². The van der Waals surface area contributed by atoms with Gasteiger partial charge in [0.2, 0.25) is 0 Å². The zero-order chi connectivity index (χ0) is 31.6. The van der Waals surface area contributed by atoms with Gasteiger partial charge in [-0.05, 0) is 18.8 Å². The third-order valence-electron chi connectivity index (χ3n) is 8.58. The first-order valence-electron chi connectivity index (χ1n) is 19.0. The van der Waals surface area contributed by atoms with Gasteiger partial charge in [-0.25, -0.2) is 0 Å². The zero-order valence-electron chi connectivity index (χ0n) is 29.2. The van der Waals surface area contributed by atoms with Crippen LogP contribution in [0.4, 0.5) is 0 Å². The third kappa shape index (κ3) is 33.6. The molecule has 43 heavy (non-hydrogen) atoms. The minimum Gasteiger partial charge on any atom is -0.462 e. The molecular formula is C38H74O5. The Kier molecular flexibility index (Phi) is 32.9. The quantitative estimate of drug-likeness (QED) is 0.0579. The van der Waals surface area contributed by atoms with Crippen LogP contribution in [0.25, 0.3) is 0 Å². The van der Waals surface area contributed by atoms with Gasteiger partial charge in [0, 0.05) is 12.8 Å². The SMILES string of the molecule is CCCCCCCCCCCCCCCC(=O)OC[C@H](CO)OC(=O)CCCCCCCCCCCCCCCC(C)C. The molecule has 0 saturated heterocycles. The van der Waals surface area contributed by atoms with Crippen molar-refractivity contribution < 1.29 is 24.2 Å². The molecule has 5 heteroatoms. The standard InChI is InChI=1S/C38H74O5/c1-4-5-6-7-8-9-10-12-16-19-22-25-28-31-37(40)42-34-36(33-39)43-38(41)32-29-26-23-20-17-14-11-13-15-18-21-24-27-30-35(2)3/h35-36,39H,4-34H2,1-3H3/t36-/m0/s1. The summed E-state index contributed by atoms with van der Waals surface area (Å²) in [6.07, 6.45) is 34.4. The number of aliphatic hydroxyl groups is 1. The Morgan fingerprint density at radius 1 is 0.512 bits per heavy atom. The Balaban J connectivity index is 3.51. The molecule has 0 radical (unpaired) electrons. The lowest BCUT2D eigenvalue weighted by atomic mass is 10.0. The van der Waals surface area contributed by atoms with Gasteiger partial charge in [0.05, 0.1) is 6.61 Å². The maximum Gasteiger partial charge on any atom is 0.306 e. The summed E-state index contributed by atoms with van der Waals surface area (Å²) in [5.74, 6) is 0.268. The predicted octanol–water partition coefficient (Wildman–Crippen LogP) is 11.4. The molecule has 0 bridgehead atoms. The van der Waals surface area contributed by atoms with E-state index in [0.29, 0.717) is 12.8 Å². The van der Waals surface area contributed by atoms with Crippen LogP contribution in [-0.4, -0.2) is 36.4 Å². The monoisotopic (exact) mass is 611 g/mol. The van der Waals surface area contributed by atoms with Crippen molar-refractivity contribution in [3.63, 3.8) is 0 Å². The van der Waals surface area contributed by atoms with Gasteiger partial charge in [-0.3, -0.25) is 9.59 Å². The molecule has 1 atom stereocenters. The van der Waals surface area contributed by atoms with Crippen LogP contribution in [0, 0.1) is 5.92 Å². The van der Waals surface area contributed by atoms with Crippen molar-refractivity contribution in [1.29, 1.82) is 0 Å². The number of unbranched alkanes of at least 4 members (excludes halogenated alkanes) is 24. The highest BCUT2D eigenvalue weighted by atomic mass is 16.6. The number of esters is 2. The summed E-state index contributed by atoms with van der Waals surface area (Å²) in [6.45, 7) is 6.50. The molecule has 0 spiro atoms. The smallest absolute Gasteiger partial charge is 0.306 e. The van der Waals surface area contributed by atoms with Crippen molar-refractivity contribution in [3.05, 3.63) is 0 Å². The Hall–Kier alpha value is -1.10. The fourth-order valence-corrected chi connectivity index (χ4v) is 5.68. The third-order valence-corrected chi connectivity index (χ3v) is 8.58. The van der Waals surface area contributed by atoms with Crippen LogP contribution in [0.15, 0.2) is 0 Å². The van der Waals surface area contributed by atoms with Crippen LogP contribution in [0.1, 0.15) is 207 Å². The molecule has 0 aromatic carbocycles. The highest BCUT2D eigenvalue weighted by molar-refractivity contribution is 5.70. The average Bonchev–Trinajstić information content (AvgIpc) is 2.99. The van der Waals surface area contributed by atoms with Crippen LogP contribution in [0.2, 0.25) is 0 Å². The van der Waals surface area contributed by atoms with Gasteiger partial charge < -0.3 is 14.6 Å². The lowest BCUT2D eigenvalue weighted by Crippen LogP contribution is -2.28. The topological polar surface area (TPSA) is 72.8 Å². The lowest BCUT2D eigenvalue weighted by molar-refractivity contribution is -0.161. The number of ether oxygens (including phenoxy) is 2. The van der Waals surface area contributed by atoms with E-state index >= 15 is 0 Å². The molecule has 0 aromatic rings. The number of carbonyl (C=O) groups excluding carboxylic acids is 2. The summed E-state index contributed by atoms with van der Waals surface area (Å²) >= 11 is 0. The molecule has 0 rings (SSSR count). The molecule has 5 nitrogen and oxygen atoms in total. The van der Waals surface area contributed by atoms with E-state index < -0.39 is 6.10 Å². The van der Waals surface area contributed by atoms with Crippen molar-refractivity contribution in [2.75, 3.05) is 13.2 Å². The maximum absolute atomic E-state index is 12.1. The molecule has 0 aliphatic heterocycles. The molecule has 256 valence electrons. The van der Waals surface area contributed by atoms with E-state index in [4.69, 9.17) is 9.47 Å². The van der Waals surface area contributed by atoms with Gasteiger partial charge in [-0.1, -0.05) is 181 Å². The van der Waals surface area contributed by atoms with E-state index in [1.807, 2.05) is 0 Å². The Morgan fingerprint density at radius 3 is 1.23 bits per heavy atom. The van der Waals surface area contributed by atoms with Crippen LogP contribution in [0.3, 0.4) is 0 Å². The molecular weight excluding hydrogens is 536 g/mol. The highest BCUT2D eigenvalue weighted by Crippen LogP contribution is 2.16. The van der Waals surface area contributed by atoms with Gasteiger partial charge in [0.1, 0.15) is 6.61 Å². The van der Waals surface area contributed by atoms with Crippen molar-refractivity contribution in [3.8, 4) is 0 Å². The molecule has 0 heterocycles. The molecule has 1 N–H and O–H groups in total. The average molecular weight is 611 g/mol. The van der Waals surface area contributed by atoms with E-state index in [1.54, 1.807) is 0 Å². The Bertz CT molecular complexity index is 591.